The molecule has 0 aliphatic heterocycles. The van der Waals surface area contributed by atoms with E-state index < -0.39 is 0 Å². The van der Waals surface area contributed by atoms with Gasteiger partial charge in [-0.05, 0) is 6.42 Å². The molecule has 0 rings (SSSR count). The minimum Gasteiger partial charge on any atom is -0.355 e. The minimum atomic E-state index is 0.0734. The molecule has 0 spiro atoms. The molecule has 1 amide bonds. The molecule has 0 aliphatic rings. The molecule has 0 aromatic rings. The van der Waals surface area contributed by atoms with Crippen LogP contribution in [-0.4, -0.2) is 32.1 Å². The van der Waals surface area contributed by atoms with Crippen LogP contribution < -0.4 is 16.4 Å². The molecule has 0 heterocycles. The summed E-state index contributed by atoms with van der Waals surface area (Å²) < 4.78 is 0. The van der Waals surface area contributed by atoms with E-state index in [9.17, 15) is 4.79 Å². The Hall–Kier alpha value is -0.870. The molecule has 14 heavy (non-hydrogen) atoms. The lowest BCUT2D eigenvalue weighted by Gasteiger charge is -2.04. The molecule has 0 aromatic heterocycles. The maximum Gasteiger partial charge on any atom is 0.223 e. The van der Waals surface area contributed by atoms with E-state index in [0.29, 0.717) is 19.5 Å². The van der Waals surface area contributed by atoms with E-state index in [1.807, 2.05) is 19.1 Å². The van der Waals surface area contributed by atoms with Crippen molar-refractivity contribution in [3.05, 3.63) is 12.2 Å². The van der Waals surface area contributed by atoms with E-state index in [-0.39, 0.29) is 5.91 Å². The first kappa shape index (κ1) is 13.1. The number of rotatable bonds is 8. The van der Waals surface area contributed by atoms with E-state index in [1.165, 1.54) is 0 Å². The van der Waals surface area contributed by atoms with Crippen LogP contribution in [0.5, 0.6) is 0 Å². The molecule has 0 saturated heterocycles. The third-order valence-corrected chi connectivity index (χ3v) is 1.65. The van der Waals surface area contributed by atoms with Crippen LogP contribution in [0.2, 0.25) is 0 Å². The van der Waals surface area contributed by atoms with Gasteiger partial charge in [0.15, 0.2) is 0 Å². The van der Waals surface area contributed by atoms with Crippen LogP contribution in [-0.2, 0) is 4.79 Å². The number of nitrogens with two attached hydrogens (primary N) is 1. The summed E-state index contributed by atoms with van der Waals surface area (Å²) in [6.07, 6.45) is 5.34. The van der Waals surface area contributed by atoms with Gasteiger partial charge in [-0.15, -0.1) is 0 Å². The number of hydrogen-bond donors (Lipinski definition) is 3. The average molecular weight is 199 g/mol. The Bertz CT molecular complexity index is 169. The molecule has 82 valence electrons. The van der Waals surface area contributed by atoms with Crippen molar-refractivity contribution in [2.75, 3.05) is 26.2 Å². The van der Waals surface area contributed by atoms with E-state index >= 15 is 0 Å². The van der Waals surface area contributed by atoms with Gasteiger partial charge in [0.05, 0.1) is 0 Å². The predicted molar refractivity (Wildman–Crippen MR) is 59.0 cm³/mol. The van der Waals surface area contributed by atoms with Crippen molar-refractivity contribution in [3.8, 4) is 0 Å². The molecule has 4 N–H and O–H groups in total. The SMILES string of the molecule is CC/C=C/CC(=O)NCCNCCN. The summed E-state index contributed by atoms with van der Waals surface area (Å²) in [5.74, 6) is 0.0734. The smallest absolute Gasteiger partial charge is 0.223 e. The Morgan fingerprint density at radius 3 is 2.71 bits per heavy atom. The molecule has 0 atom stereocenters. The van der Waals surface area contributed by atoms with Crippen LogP contribution in [0.15, 0.2) is 12.2 Å². The number of carbonyl (C=O) groups excluding carboxylic acids is 1. The van der Waals surface area contributed by atoms with Gasteiger partial charge in [-0.25, -0.2) is 0 Å². The predicted octanol–water partition coefficient (Wildman–Crippen LogP) is 0.00720. The van der Waals surface area contributed by atoms with Crippen LogP contribution >= 0.6 is 0 Å². The zero-order valence-corrected chi connectivity index (χ0v) is 8.88. The van der Waals surface area contributed by atoms with Crippen molar-refractivity contribution in [3.63, 3.8) is 0 Å². The third-order valence-electron chi connectivity index (χ3n) is 1.65. The van der Waals surface area contributed by atoms with Gasteiger partial charge < -0.3 is 16.4 Å². The Kier molecular flexibility index (Phi) is 9.58. The third kappa shape index (κ3) is 9.22. The maximum absolute atomic E-state index is 11.1. The fourth-order valence-corrected chi connectivity index (χ4v) is 0.947. The van der Waals surface area contributed by atoms with Gasteiger partial charge in [-0.3, -0.25) is 4.79 Å². The fraction of sp³-hybridized carbons (Fsp3) is 0.700. The number of allylic oxidation sites excluding steroid dienone is 1. The molecule has 0 fully saturated rings. The van der Waals surface area contributed by atoms with Crippen LogP contribution in [0.1, 0.15) is 19.8 Å². The summed E-state index contributed by atoms with van der Waals surface area (Å²) in [5.41, 5.74) is 5.29. The van der Waals surface area contributed by atoms with Gasteiger partial charge in [0, 0.05) is 32.6 Å². The summed E-state index contributed by atoms with van der Waals surface area (Å²) >= 11 is 0. The van der Waals surface area contributed by atoms with Crippen LogP contribution in [0.4, 0.5) is 0 Å². The van der Waals surface area contributed by atoms with Crippen molar-refractivity contribution in [1.82, 2.24) is 10.6 Å². The number of nitrogens with one attached hydrogen (secondary N) is 2. The van der Waals surface area contributed by atoms with E-state index in [1.54, 1.807) is 0 Å². The highest BCUT2D eigenvalue weighted by molar-refractivity contribution is 5.77. The second-order valence-electron chi connectivity index (χ2n) is 2.97. The second kappa shape index (κ2) is 10.2. The molecule has 4 heteroatoms. The first-order valence-corrected chi connectivity index (χ1v) is 5.13. The molecular weight excluding hydrogens is 178 g/mol. The van der Waals surface area contributed by atoms with Gasteiger partial charge in [0.25, 0.3) is 0 Å². The highest BCUT2D eigenvalue weighted by Gasteiger charge is 1.95. The summed E-state index contributed by atoms with van der Waals surface area (Å²) in [4.78, 5) is 11.1. The topological polar surface area (TPSA) is 67.2 Å². The second-order valence-corrected chi connectivity index (χ2v) is 2.97. The first-order valence-electron chi connectivity index (χ1n) is 5.13. The zero-order valence-electron chi connectivity index (χ0n) is 8.88. The lowest BCUT2D eigenvalue weighted by Crippen LogP contribution is -2.33. The largest absolute Gasteiger partial charge is 0.355 e. The van der Waals surface area contributed by atoms with E-state index in [2.05, 4.69) is 10.6 Å². The minimum absolute atomic E-state index is 0.0734. The van der Waals surface area contributed by atoms with E-state index in [4.69, 9.17) is 5.73 Å². The maximum atomic E-state index is 11.1. The Morgan fingerprint density at radius 1 is 1.29 bits per heavy atom. The molecular formula is C10H21N3O. The lowest BCUT2D eigenvalue weighted by molar-refractivity contribution is -0.120. The normalized spacial score (nSPS) is 10.7. The van der Waals surface area contributed by atoms with E-state index in [0.717, 1.165) is 19.5 Å². The molecule has 4 nitrogen and oxygen atoms in total. The van der Waals surface area contributed by atoms with Gasteiger partial charge in [0.2, 0.25) is 5.91 Å². The van der Waals surface area contributed by atoms with Crippen molar-refractivity contribution < 1.29 is 4.79 Å². The molecule has 0 saturated carbocycles. The Balaban J connectivity index is 3.22. The van der Waals surface area contributed by atoms with Crippen molar-refractivity contribution in [1.29, 1.82) is 0 Å². The molecule has 0 aromatic carbocycles. The van der Waals surface area contributed by atoms with Crippen molar-refractivity contribution in [2.45, 2.75) is 19.8 Å². The van der Waals surface area contributed by atoms with Gasteiger partial charge in [0.1, 0.15) is 0 Å². The Labute approximate surface area is 85.9 Å². The van der Waals surface area contributed by atoms with Crippen LogP contribution in [0, 0.1) is 0 Å². The summed E-state index contributed by atoms with van der Waals surface area (Å²) in [7, 11) is 0. The fourth-order valence-electron chi connectivity index (χ4n) is 0.947. The number of hydrogen-bond acceptors (Lipinski definition) is 3. The van der Waals surface area contributed by atoms with Gasteiger partial charge in [-0.1, -0.05) is 19.1 Å². The highest BCUT2D eigenvalue weighted by Crippen LogP contribution is 1.85. The molecule has 0 bridgehead atoms. The summed E-state index contributed by atoms with van der Waals surface area (Å²) in [6.45, 7) is 4.92. The highest BCUT2D eigenvalue weighted by atomic mass is 16.1. The summed E-state index contributed by atoms with van der Waals surface area (Å²) in [5, 5.41) is 5.91. The van der Waals surface area contributed by atoms with Crippen LogP contribution in [0.3, 0.4) is 0 Å². The van der Waals surface area contributed by atoms with Gasteiger partial charge in [-0.2, -0.15) is 0 Å². The molecule has 0 aliphatic carbocycles. The first-order chi connectivity index (χ1) is 6.81. The van der Waals surface area contributed by atoms with Crippen molar-refractivity contribution >= 4 is 5.91 Å². The number of carbonyl (C=O) groups is 1. The quantitative estimate of drug-likeness (QED) is 0.381. The lowest BCUT2D eigenvalue weighted by atomic mass is 10.3. The van der Waals surface area contributed by atoms with Crippen LogP contribution in [0.25, 0.3) is 0 Å². The average Bonchev–Trinajstić information content (AvgIpc) is 2.18. The Morgan fingerprint density at radius 2 is 2.07 bits per heavy atom. The zero-order chi connectivity index (χ0) is 10.6. The number of amides is 1. The van der Waals surface area contributed by atoms with Crippen molar-refractivity contribution in [2.24, 2.45) is 5.73 Å². The summed E-state index contributed by atoms with van der Waals surface area (Å²) in [6, 6.07) is 0. The monoisotopic (exact) mass is 199 g/mol. The van der Waals surface area contributed by atoms with Gasteiger partial charge >= 0.3 is 0 Å². The standard InChI is InChI=1S/C10H21N3O/c1-2-3-4-5-10(14)13-9-8-12-7-6-11/h3-4,12H,2,5-9,11H2,1H3,(H,13,14)/b4-3+. The molecule has 0 unspecified atom stereocenters. The molecule has 0 radical (unpaired) electrons.